The number of rotatable bonds is 3. The smallest absolute Gasteiger partial charge is 0.0544 e. The summed E-state index contributed by atoms with van der Waals surface area (Å²) in [6.45, 7) is 4.75. The first kappa shape index (κ1) is 30.1. The van der Waals surface area contributed by atoms with Crippen molar-refractivity contribution in [2.45, 2.75) is 19.3 Å². The molecular formula is C51H34N2S. The fourth-order valence-electron chi connectivity index (χ4n) is 9.63. The van der Waals surface area contributed by atoms with Gasteiger partial charge in [-0.2, -0.15) is 0 Å². The lowest BCUT2D eigenvalue weighted by Gasteiger charge is -2.21. The third-order valence-corrected chi connectivity index (χ3v) is 13.2. The number of nitrogens with zero attached hydrogens (tertiary/aromatic N) is 2. The van der Waals surface area contributed by atoms with Crippen molar-refractivity contribution in [3.05, 3.63) is 181 Å². The van der Waals surface area contributed by atoms with E-state index in [9.17, 15) is 0 Å². The highest BCUT2D eigenvalue weighted by molar-refractivity contribution is 7.26. The molecule has 11 aromatic rings. The number of benzene rings is 8. The number of hydrogen-bond donors (Lipinski definition) is 0. The third-order valence-electron chi connectivity index (χ3n) is 12.1. The molecule has 0 bridgehead atoms. The highest BCUT2D eigenvalue weighted by Gasteiger charge is 2.36. The van der Waals surface area contributed by atoms with Crippen LogP contribution >= 0.6 is 11.3 Å². The molecule has 0 radical (unpaired) electrons. The van der Waals surface area contributed by atoms with E-state index in [2.05, 4.69) is 193 Å². The third kappa shape index (κ3) is 4.00. The zero-order chi connectivity index (χ0) is 35.7. The van der Waals surface area contributed by atoms with Gasteiger partial charge in [0, 0.05) is 58.5 Å². The number of aromatic nitrogens is 2. The maximum Gasteiger partial charge on any atom is 0.0544 e. The first-order valence-electron chi connectivity index (χ1n) is 18.8. The molecule has 3 heterocycles. The van der Waals surface area contributed by atoms with Gasteiger partial charge in [-0.05, 0) is 106 Å². The molecule has 254 valence electrons. The van der Waals surface area contributed by atoms with Gasteiger partial charge in [-0.25, -0.2) is 0 Å². The molecule has 0 saturated heterocycles. The summed E-state index contributed by atoms with van der Waals surface area (Å²) in [4.78, 5) is 0. The van der Waals surface area contributed by atoms with Crippen molar-refractivity contribution in [1.82, 2.24) is 9.13 Å². The average Bonchev–Trinajstić information content (AvgIpc) is 3.92. The Morgan fingerprint density at radius 2 is 1.06 bits per heavy atom. The van der Waals surface area contributed by atoms with E-state index in [1.165, 1.54) is 109 Å². The maximum absolute atomic E-state index is 2.50. The summed E-state index contributed by atoms with van der Waals surface area (Å²) in [6.07, 6.45) is 0. The first-order chi connectivity index (χ1) is 26.5. The summed E-state index contributed by atoms with van der Waals surface area (Å²) in [5, 5.41) is 7.75. The van der Waals surface area contributed by atoms with Crippen LogP contribution in [0, 0.1) is 0 Å². The highest BCUT2D eigenvalue weighted by Crippen LogP contribution is 2.51. The molecule has 0 spiro atoms. The van der Waals surface area contributed by atoms with E-state index in [-0.39, 0.29) is 5.41 Å². The van der Waals surface area contributed by atoms with Crippen LogP contribution in [0.1, 0.15) is 25.0 Å². The molecule has 0 saturated carbocycles. The molecule has 0 N–H and O–H groups in total. The fraction of sp³-hybridized carbons (Fsp3) is 0.0588. The van der Waals surface area contributed by atoms with Gasteiger partial charge in [0.1, 0.15) is 0 Å². The molecule has 1 aliphatic carbocycles. The number of hydrogen-bond acceptors (Lipinski definition) is 1. The Morgan fingerprint density at radius 1 is 0.389 bits per heavy atom. The Morgan fingerprint density at radius 3 is 1.87 bits per heavy atom. The van der Waals surface area contributed by atoms with Crippen LogP contribution in [0.4, 0.5) is 0 Å². The topological polar surface area (TPSA) is 9.86 Å². The minimum Gasteiger partial charge on any atom is -0.309 e. The van der Waals surface area contributed by atoms with Gasteiger partial charge in [0.2, 0.25) is 0 Å². The summed E-state index contributed by atoms with van der Waals surface area (Å²) in [5.74, 6) is 0. The van der Waals surface area contributed by atoms with E-state index in [1.54, 1.807) is 0 Å². The molecule has 0 amide bonds. The van der Waals surface area contributed by atoms with Crippen molar-refractivity contribution >= 4 is 75.1 Å². The minimum absolute atomic E-state index is 0.0711. The Kier molecular flexibility index (Phi) is 6.03. The highest BCUT2D eigenvalue weighted by atomic mass is 32.1. The van der Waals surface area contributed by atoms with Gasteiger partial charge in [0.25, 0.3) is 0 Å². The molecular weight excluding hydrogens is 673 g/mol. The molecule has 8 aromatic carbocycles. The second-order valence-electron chi connectivity index (χ2n) is 15.3. The number of para-hydroxylation sites is 3. The molecule has 54 heavy (non-hydrogen) atoms. The Labute approximate surface area is 316 Å². The van der Waals surface area contributed by atoms with Gasteiger partial charge in [0.05, 0.1) is 22.1 Å². The Hall–Kier alpha value is -6.42. The summed E-state index contributed by atoms with van der Waals surface area (Å²) in [6, 6.07) is 63.2. The predicted molar refractivity (Wildman–Crippen MR) is 231 cm³/mol. The quantitative estimate of drug-likeness (QED) is 0.173. The maximum atomic E-state index is 2.50. The molecule has 0 aliphatic heterocycles. The van der Waals surface area contributed by atoms with Crippen LogP contribution in [0.25, 0.3) is 97.4 Å². The van der Waals surface area contributed by atoms with Crippen LogP contribution in [0.15, 0.2) is 170 Å². The van der Waals surface area contributed by atoms with Gasteiger partial charge in [-0.15, -0.1) is 11.3 Å². The summed E-state index contributed by atoms with van der Waals surface area (Å²) in [7, 11) is 0. The summed E-state index contributed by atoms with van der Waals surface area (Å²) in [5.41, 5.74) is 15.3. The van der Waals surface area contributed by atoms with Gasteiger partial charge < -0.3 is 9.13 Å². The predicted octanol–water partition coefficient (Wildman–Crippen LogP) is 14.2. The molecule has 3 aromatic heterocycles. The van der Waals surface area contributed by atoms with Crippen LogP contribution in [0.3, 0.4) is 0 Å². The molecule has 2 nitrogen and oxygen atoms in total. The standard InChI is InChI=1S/C51H34N2S/c1-51(2)42-19-9-6-15-35(42)38-29-40-37-17-8-11-21-45(37)53(47(40)30-43(38)51)33-24-26-48-41(28-33)50-34(18-12-22-49(50)54-48)31-23-25-46-39(27-31)36-16-7-10-20-44(36)52(46)32-13-4-3-5-14-32/h3-30H,1-2H3. The van der Waals surface area contributed by atoms with Crippen molar-refractivity contribution in [1.29, 1.82) is 0 Å². The second-order valence-corrected chi connectivity index (χ2v) is 16.4. The number of thiophene rings is 1. The molecule has 0 fully saturated rings. The van der Waals surface area contributed by atoms with E-state index in [4.69, 9.17) is 0 Å². The summed E-state index contributed by atoms with van der Waals surface area (Å²) >= 11 is 1.89. The second kappa shape index (κ2) is 10.8. The van der Waals surface area contributed by atoms with Crippen molar-refractivity contribution in [2.75, 3.05) is 0 Å². The van der Waals surface area contributed by atoms with E-state index in [1.807, 2.05) is 11.3 Å². The van der Waals surface area contributed by atoms with Crippen LogP contribution in [0.2, 0.25) is 0 Å². The van der Waals surface area contributed by atoms with Crippen LogP contribution in [-0.2, 0) is 5.41 Å². The molecule has 3 heteroatoms. The monoisotopic (exact) mass is 706 g/mol. The van der Waals surface area contributed by atoms with E-state index in [0.29, 0.717) is 0 Å². The molecule has 0 atom stereocenters. The van der Waals surface area contributed by atoms with Gasteiger partial charge >= 0.3 is 0 Å². The van der Waals surface area contributed by atoms with Gasteiger partial charge in [-0.1, -0.05) is 111 Å². The zero-order valence-corrected chi connectivity index (χ0v) is 30.8. The van der Waals surface area contributed by atoms with Crippen molar-refractivity contribution in [2.24, 2.45) is 0 Å². The summed E-state index contributed by atoms with van der Waals surface area (Å²) < 4.78 is 7.51. The van der Waals surface area contributed by atoms with Crippen molar-refractivity contribution < 1.29 is 0 Å². The number of fused-ring (bicyclic) bond motifs is 12. The molecule has 1 aliphatic rings. The fourth-order valence-corrected chi connectivity index (χ4v) is 10.7. The van der Waals surface area contributed by atoms with E-state index >= 15 is 0 Å². The molecule has 12 rings (SSSR count). The van der Waals surface area contributed by atoms with Gasteiger partial charge in [-0.3, -0.25) is 0 Å². The zero-order valence-electron chi connectivity index (χ0n) is 30.0. The van der Waals surface area contributed by atoms with Crippen molar-refractivity contribution in [3.63, 3.8) is 0 Å². The van der Waals surface area contributed by atoms with Gasteiger partial charge in [0.15, 0.2) is 0 Å². The Bertz CT molecular complexity index is 3350. The van der Waals surface area contributed by atoms with Crippen LogP contribution in [-0.4, -0.2) is 9.13 Å². The lowest BCUT2D eigenvalue weighted by atomic mass is 9.82. The lowest BCUT2D eigenvalue weighted by molar-refractivity contribution is 0.661. The van der Waals surface area contributed by atoms with Crippen LogP contribution < -0.4 is 0 Å². The van der Waals surface area contributed by atoms with E-state index in [0.717, 1.165) is 0 Å². The normalized spacial score (nSPS) is 13.5. The molecule has 0 unspecified atom stereocenters. The van der Waals surface area contributed by atoms with E-state index < -0.39 is 0 Å². The minimum atomic E-state index is -0.0711. The Balaban J connectivity index is 1.09. The van der Waals surface area contributed by atoms with Crippen LogP contribution in [0.5, 0.6) is 0 Å². The average molecular weight is 707 g/mol. The largest absolute Gasteiger partial charge is 0.309 e. The first-order valence-corrected chi connectivity index (χ1v) is 19.6. The lowest BCUT2D eigenvalue weighted by Crippen LogP contribution is -2.14. The SMILES string of the molecule is CC1(C)c2ccccc2-c2cc3c4ccccc4n(-c4ccc5sc6cccc(-c7ccc8c(c7)c7ccccc7n8-c7ccccc7)c6c5c4)c3cc21. The van der Waals surface area contributed by atoms with Crippen molar-refractivity contribution in [3.8, 4) is 33.6 Å².